The second-order valence-corrected chi connectivity index (χ2v) is 8.29. The van der Waals surface area contributed by atoms with Crippen molar-refractivity contribution in [3.63, 3.8) is 0 Å². The van der Waals surface area contributed by atoms with Crippen LogP contribution in [-0.2, 0) is 22.9 Å². The van der Waals surface area contributed by atoms with E-state index in [1.54, 1.807) is 6.66 Å². The van der Waals surface area contributed by atoms with E-state index in [2.05, 4.69) is 36.5 Å². The number of hydrogen-bond acceptors (Lipinski definition) is 0. The van der Waals surface area contributed by atoms with Crippen LogP contribution in [0.4, 0.5) is 0 Å². The molecule has 0 heterocycles. The van der Waals surface area contributed by atoms with Crippen molar-refractivity contribution in [1.82, 2.24) is 0 Å². The Morgan fingerprint density at radius 3 is 1.62 bits per heavy atom. The Balaban J connectivity index is 0.000000720. The fraction of sp³-hybridized carbons (Fsp3) is 0.200. The van der Waals surface area contributed by atoms with E-state index < -0.39 is 22.9 Å². The predicted molar refractivity (Wildman–Crippen MR) is 43.7 cm³/mol. The fourth-order valence-corrected chi connectivity index (χ4v) is 5.64. The third kappa shape index (κ3) is 4.22. The van der Waals surface area contributed by atoms with Gasteiger partial charge in [-0.3, -0.25) is 0 Å². The molecule has 0 unspecified atom stereocenters. The SMILES string of the molecule is C1=CC[C]([Hf+2][C]2=CC=CC2)=C1.[Br-].[Br-]. The first kappa shape index (κ1) is 13.8. The van der Waals surface area contributed by atoms with E-state index in [1.807, 2.05) is 0 Å². The van der Waals surface area contributed by atoms with Gasteiger partial charge < -0.3 is 34.0 Å². The molecule has 0 bridgehead atoms. The molecular formula is C10H10Br2Hf. The number of hydrogen-bond donors (Lipinski definition) is 0. The van der Waals surface area contributed by atoms with Gasteiger partial charge in [-0.25, -0.2) is 0 Å². The summed E-state index contributed by atoms with van der Waals surface area (Å²) in [5.74, 6) is 0. The van der Waals surface area contributed by atoms with E-state index in [1.165, 1.54) is 12.8 Å². The molecule has 0 saturated carbocycles. The average molecular weight is 468 g/mol. The third-order valence-corrected chi connectivity index (χ3v) is 6.84. The molecule has 0 aromatic carbocycles. The zero-order valence-corrected chi connectivity index (χ0v) is 13.9. The molecular weight excluding hydrogens is 458 g/mol. The Morgan fingerprint density at radius 1 is 0.846 bits per heavy atom. The Labute approximate surface area is 112 Å². The second kappa shape index (κ2) is 7.13. The monoisotopic (exact) mass is 468 g/mol. The molecule has 2 aliphatic carbocycles. The normalized spacial score (nSPS) is 16.9. The quantitative estimate of drug-likeness (QED) is 0.374. The van der Waals surface area contributed by atoms with Gasteiger partial charge in [-0.2, -0.15) is 0 Å². The van der Waals surface area contributed by atoms with Crippen LogP contribution in [-0.4, -0.2) is 0 Å². The zero-order chi connectivity index (χ0) is 7.52. The van der Waals surface area contributed by atoms with Crippen molar-refractivity contribution >= 4 is 0 Å². The van der Waals surface area contributed by atoms with E-state index in [4.69, 9.17) is 0 Å². The van der Waals surface area contributed by atoms with E-state index in [9.17, 15) is 0 Å². The molecule has 0 aliphatic heterocycles. The maximum absolute atomic E-state index is 2.32. The molecule has 0 nitrogen and oxygen atoms in total. The van der Waals surface area contributed by atoms with Gasteiger partial charge in [-0.1, -0.05) is 0 Å². The molecule has 0 N–H and O–H groups in total. The summed E-state index contributed by atoms with van der Waals surface area (Å²) < 4.78 is 3.50. The van der Waals surface area contributed by atoms with Gasteiger partial charge in [0.25, 0.3) is 0 Å². The second-order valence-electron chi connectivity index (χ2n) is 2.77. The summed E-state index contributed by atoms with van der Waals surface area (Å²) in [5, 5.41) is 0. The molecule has 0 aromatic rings. The van der Waals surface area contributed by atoms with Crippen LogP contribution in [0.25, 0.3) is 0 Å². The minimum atomic E-state index is -0.526. The molecule has 0 radical (unpaired) electrons. The van der Waals surface area contributed by atoms with Crippen LogP contribution in [0.3, 0.4) is 0 Å². The molecule has 13 heavy (non-hydrogen) atoms. The molecule has 2 aliphatic rings. The summed E-state index contributed by atoms with van der Waals surface area (Å²) in [6.45, 7) is 0. The fourth-order valence-electron chi connectivity index (χ4n) is 1.29. The van der Waals surface area contributed by atoms with Crippen molar-refractivity contribution in [3.05, 3.63) is 43.1 Å². The molecule has 0 atom stereocenters. The van der Waals surface area contributed by atoms with Crippen LogP contribution < -0.4 is 34.0 Å². The van der Waals surface area contributed by atoms with E-state index in [-0.39, 0.29) is 34.0 Å². The van der Waals surface area contributed by atoms with Gasteiger partial charge in [0.05, 0.1) is 0 Å². The first-order valence-corrected chi connectivity index (χ1v) is 7.53. The van der Waals surface area contributed by atoms with Gasteiger partial charge >= 0.3 is 78.9 Å². The molecule has 68 valence electrons. The average Bonchev–Trinajstić information content (AvgIpc) is 2.60. The smallest absolute Gasteiger partial charge is 1.00 e. The van der Waals surface area contributed by atoms with E-state index in [0.717, 1.165) is 0 Å². The first-order valence-electron chi connectivity index (χ1n) is 3.93. The Morgan fingerprint density at radius 2 is 1.31 bits per heavy atom. The van der Waals surface area contributed by atoms with Crippen LogP contribution in [0.2, 0.25) is 0 Å². The minimum absolute atomic E-state index is 0. The van der Waals surface area contributed by atoms with Gasteiger partial charge in [0.2, 0.25) is 0 Å². The Hall–Kier alpha value is 0.790. The summed E-state index contributed by atoms with van der Waals surface area (Å²) in [6.07, 6.45) is 16.1. The van der Waals surface area contributed by atoms with Crippen molar-refractivity contribution in [1.29, 1.82) is 0 Å². The predicted octanol–water partition coefficient (Wildman–Crippen LogP) is -3.24. The molecule has 0 spiro atoms. The molecule has 0 fully saturated rings. The Bertz CT molecular complexity index is 247. The van der Waals surface area contributed by atoms with Gasteiger partial charge in [0.1, 0.15) is 0 Å². The summed E-state index contributed by atoms with van der Waals surface area (Å²) in [4.78, 5) is 0. The standard InChI is InChI=1S/2C5H5.2BrH.Hf/c2*1-2-4-5-3-1;;;/h2*1-3H,4H2;2*1H;/q;;;;+2/p-2. The van der Waals surface area contributed by atoms with Crippen LogP contribution in [0.1, 0.15) is 12.8 Å². The minimum Gasteiger partial charge on any atom is -1.00 e. The summed E-state index contributed by atoms with van der Waals surface area (Å²) in [5.41, 5.74) is 0. The van der Waals surface area contributed by atoms with E-state index >= 15 is 0 Å². The van der Waals surface area contributed by atoms with Gasteiger partial charge in [-0.15, -0.1) is 0 Å². The zero-order valence-electron chi connectivity index (χ0n) is 7.13. The molecule has 3 heteroatoms. The molecule has 0 aromatic heterocycles. The number of halogens is 2. The molecule has 0 amide bonds. The van der Waals surface area contributed by atoms with Gasteiger partial charge in [0, 0.05) is 0 Å². The van der Waals surface area contributed by atoms with Crippen molar-refractivity contribution in [2.45, 2.75) is 12.8 Å². The number of allylic oxidation sites excluding steroid dienone is 8. The van der Waals surface area contributed by atoms with Crippen LogP contribution >= 0.6 is 0 Å². The van der Waals surface area contributed by atoms with Crippen molar-refractivity contribution in [2.75, 3.05) is 0 Å². The Kier molecular flexibility index (Phi) is 7.56. The van der Waals surface area contributed by atoms with Crippen LogP contribution in [0.5, 0.6) is 0 Å². The molecule has 2 rings (SSSR count). The van der Waals surface area contributed by atoms with Crippen LogP contribution in [0, 0.1) is 0 Å². The first-order chi connectivity index (χ1) is 5.45. The van der Waals surface area contributed by atoms with Gasteiger partial charge in [0.15, 0.2) is 0 Å². The van der Waals surface area contributed by atoms with Crippen molar-refractivity contribution < 1.29 is 56.9 Å². The molecule has 0 saturated heterocycles. The summed E-state index contributed by atoms with van der Waals surface area (Å²) in [7, 11) is 0. The van der Waals surface area contributed by atoms with Crippen LogP contribution in [0.15, 0.2) is 43.1 Å². The maximum atomic E-state index is 2.32. The number of rotatable bonds is 2. The maximum Gasteiger partial charge on any atom is -1.00 e. The third-order valence-electron chi connectivity index (χ3n) is 1.86. The van der Waals surface area contributed by atoms with E-state index in [0.29, 0.717) is 0 Å². The largest absolute Gasteiger partial charge is 1.00 e. The summed E-state index contributed by atoms with van der Waals surface area (Å²) in [6, 6.07) is 0. The van der Waals surface area contributed by atoms with Crippen molar-refractivity contribution in [2.24, 2.45) is 0 Å². The topological polar surface area (TPSA) is 0 Å². The summed E-state index contributed by atoms with van der Waals surface area (Å²) >= 11 is -0.526. The van der Waals surface area contributed by atoms with Gasteiger partial charge in [-0.05, 0) is 0 Å². The van der Waals surface area contributed by atoms with Crippen molar-refractivity contribution in [3.8, 4) is 0 Å².